The summed E-state index contributed by atoms with van der Waals surface area (Å²) in [5, 5.41) is 0.713. The molecule has 1 heteroatoms. The molecule has 0 N–H and O–H groups in total. The summed E-state index contributed by atoms with van der Waals surface area (Å²) < 4.78 is 0. The van der Waals surface area contributed by atoms with Crippen LogP contribution in [0.15, 0.2) is 72.8 Å². The maximum Gasteiger partial charge on any atom is 0.0418 e. The van der Waals surface area contributed by atoms with Gasteiger partial charge in [-0.05, 0) is 46.5 Å². The topological polar surface area (TPSA) is 0 Å². The van der Waals surface area contributed by atoms with Crippen molar-refractivity contribution < 1.29 is 0 Å². The highest BCUT2D eigenvalue weighted by molar-refractivity contribution is 6.30. The van der Waals surface area contributed by atoms with Crippen molar-refractivity contribution in [3.8, 4) is 22.3 Å². The lowest BCUT2D eigenvalue weighted by atomic mass is 10.0. The van der Waals surface area contributed by atoms with Crippen molar-refractivity contribution in [2.75, 3.05) is 0 Å². The van der Waals surface area contributed by atoms with Gasteiger partial charge in [-0.25, -0.2) is 0 Å². The molecule has 0 nitrogen and oxygen atoms in total. The standard InChI is InChI=1S/C18H12Cl/c19-18-8-4-7-17(13-18)16-11-9-15(10-12-16)14-5-2-1-3-6-14/h1-3,5-13H. The summed E-state index contributed by atoms with van der Waals surface area (Å²) in [6.45, 7) is 0. The zero-order chi connectivity index (χ0) is 13.1. The number of benzene rings is 3. The smallest absolute Gasteiger partial charge is 0.0418 e. The molecular weight excluding hydrogens is 252 g/mol. The van der Waals surface area contributed by atoms with Gasteiger partial charge in [0.05, 0.1) is 0 Å². The van der Waals surface area contributed by atoms with E-state index in [9.17, 15) is 0 Å². The van der Waals surface area contributed by atoms with Gasteiger partial charge in [-0.15, -0.1) is 0 Å². The lowest BCUT2D eigenvalue weighted by Crippen LogP contribution is -1.80. The second-order valence-electron chi connectivity index (χ2n) is 4.38. The molecule has 3 aromatic rings. The SMILES string of the molecule is Clc1c[c]cc(-c2ccc(-c3ccccc3)cc2)c1. The van der Waals surface area contributed by atoms with Crippen LogP contribution in [-0.4, -0.2) is 0 Å². The first-order valence-electron chi connectivity index (χ1n) is 6.15. The van der Waals surface area contributed by atoms with Gasteiger partial charge in [-0.1, -0.05) is 66.2 Å². The van der Waals surface area contributed by atoms with Crippen molar-refractivity contribution in [3.05, 3.63) is 83.9 Å². The summed E-state index contributed by atoms with van der Waals surface area (Å²) in [5.74, 6) is 0. The number of halogens is 1. The zero-order valence-electron chi connectivity index (χ0n) is 10.3. The first-order valence-corrected chi connectivity index (χ1v) is 6.53. The molecule has 0 spiro atoms. The van der Waals surface area contributed by atoms with Gasteiger partial charge in [0.15, 0.2) is 0 Å². The Morgan fingerprint density at radius 3 is 1.84 bits per heavy atom. The average molecular weight is 264 g/mol. The largest absolute Gasteiger partial charge is 0.0843 e. The van der Waals surface area contributed by atoms with Crippen molar-refractivity contribution in [1.29, 1.82) is 0 Å². The van der Waals surface area contributed by atoms with E-state index in [1.165, 1.54) is 11.1 Å². The van der Waals surface area contributed by atoms with E-state index in [0.717, 1.165) is 11.1 Å². The van der Waals surface area contributed by atoms with E-state index in [1.54, 1.807) is 6.07 Å². The molecule has 0 aliphatic rings. The van der Waals surface area contributed by atoms with Crippen molar-refractivity contribution in [3.63, 3.8) is 0 Å². The number of hydrogen-bond donors (Lipinski definition) is 0. The summed E-state index contributed by atoms with van der Waals surface area (Å²) in [6.07, 6.45) is 0. The van der Waals surface area contributed by atoms with Crippen LogP contribution in [0.3, 0.4) is 0 Å². The van der Waals surface area contributed by atoms with Crippen molar-refractivity contribution in [1.82, 2.24) is 0 Å². The minimum absolute atomic E-state index is 0.713. The molecule has 0 atom stereocenters. The van der Waals surface area contributed by atoms with Gasteiger partial charge in [-0.3, -0.25) is 0 Å². The van der Waals surface area contributed by atoms with Gasteiger partial charge in [0, 0.05) is 5.02 Å². The minimum Gasteiger partial charge on any atom is -0.0843 e. The summed E-state index contributed by atoms with van der Waals surface area (Å²) in [7, 11) is 0. The normalized spacial score (nSPS) is 10.4. The monoisotopic (exact) mass is 263 g/mol. The van der Waals surface area contributed by atoms with E-state index >= 15 is 0 Å². The third-order valence-electron chi connectivity index (χ3n) is 3.08. The van der Waals surface area contributed by atoms with E-state index in [2.05, 4.69) is 54.6 Å². The second-order valence-corrected chi connectivity index (χ2v) is 4.82. The Balaban J connectivity index is 1.95. The Kier molecular flexibility index (Phi) is 3.35. The Morgan fingerprint density at radius 1 is 0.632 bits per heavy atom. The van der Waals surface area contributed by atoms with Crippen LogP contribution in [0, 0.1) is 6.07 Å². The molecular formula is C18H12Cl. The molecule has 0 aromatic heterocycles. The quantitative estimate of drug-likeness (QED) is 0.575. The lowest BCUT2D eigenvalue weighted by molar-refractivity contribution is 1.58. The molecule has 3 aromatic carbocycles. The molecule has 0 bridgehead atoms. The first-order chi connectivity index (χ1) is 9.33. The van der Waals surface area contributed by atoms with E-state index in [0.29, 0.717) is 5.02 Å². The highest BCUT2D eigenvalue weighted by Crippen LogP contribution is 2.26. The molecule has 0 unspecified atom stereocenters. The Morgan fingerprint density at radius 2 is 1.21 bits per heavy atom. The molecule has 0 amide bonds. The second kappa shape index (κ2) is 5.29. The van der Waals surface area contributed by atoms with Crippen LogP contribution < -0.4 is 0 Å². The Hall–Kier alpha value is -2.05. The number of hydrogen-bond acceptors (Lipinski definition) is 0. The van der Waals surface area contributed by atoms with E-state index in [4.69, 9.17) is 11.6 Å². The van der Waals surface area contributed by atoms with Gasteiger partial charge in [0.25, 0.3) is 0 Å². The summed E-state index contributed by atoms with van der Waals surface area (Å²) in [4.78, 5) is 0. The Bertz CT molecular complexity index is 670. The van der Waals surface area contributed by atoms with Crippen LogP contribution >= 0.6 is 11.6 Å². The highest BCUT2D eigenvalue weighted by atomic mass is 35.5. The van der Waals surface area contributed by atoms with Crippen LogP contribution in [0.4, 0.5) is 0 Å². The third-order valence-corrected chi connectivity index (χ3v) is 3.30. The van der Waals surface area contributed by atoms with E-state index in [-0.39, 0.29) is 0 Å². The summed E-state index contributed by atoms with van der Waals surface area (Å²) in [5.41, 5.74) is 4.69. The summed E-state index contributed by atoms with van der Waals surface area (Å²) in [6, 6.07) is 27.6. The minimum atomic E-state index is 0.713. The van der Waals surface area contributed by atoms with Gasteiger partial charge in [0.1, 0.15) is 0 Å². The van der Waals surface area contributed by atoms with Crippen molar-refractivity contribution in [2.45, 2.75) is 0 Å². The first kappa shape index (κ1) is 12.0. The molecule has 0 heterocycles. The maximum atomic E-state index is 5.99. The lowest BCUT2D eigenvalue weighted by Gasteiger charge is -2.05. The van der Waals surface area contributed by atoms with E-state index in [1.807, 2.05) is 18.2 Å². The molecule has 91 valence electrons. The van der Waals surface area contributed by atoms with Gasteiger partial charge in [0.2, 0.25) is 0 Å². The molecule has 0 saturated heterocycles. The maximum absolute atomic E-state index is 5.99. The third kappa shape index (κ3) is 2.69. The van der Waals surface area contributed by atoms with Gasteiger partial charge < -0.3 is 0 Å². The molecule has 0 aliphatic carbocycles. The molecule has 0 fully saturated rings. The molecule has 0 aliphatic heterocycles. The molecule has 3 rings (SSSR count). The Labute approximate surface area is 118 Å². The van der Waals surface area contributed by atoms with Crippen molar-refractivity contribution in [2.24, 2.45) is 0 Å². The summed E-state index contributed by atoms with van der Waals surface area (Å²) >= 11 is 5.99. The fourth-order valence-corrected chi connectivity index (χ4v) is 2.28. The molecule has 19 heavy (non-hydrogen) atoms. The molecule has 0 saturated carbocycles. The predicted molar refractivity (Wildman–Crippen MR) is 81.2 cm³/mol. The highest BCUT2D eigenvalue weighted by Gasteiger charge is 2.00. The van der Waals surface area contributed by atoms with Gasteiger partial charge >= 0.3 is 0 Å². The van der Waals surface area contributed by atoms with Crippen LogP contribution in [0.1, 0.15) is 0 Å². The number of rotatable bonds is 2. The van der Waals surface area contributed by atoms with Gasteiger partial charge in [-0.2, -0.15) is 0 Å². The fourth-order valence-electron chi connectivity index (χ4n) is 2.10. The predicted octanol–water partition coefficient (Wildman–Crippen LogP) is 5.47. The van der Waals surface area contributed by atoms with Crippen LogP contribution in [0.2, 0.25) is 5.02 Å². The van der Waals surface area contributed by atoms with Crippen molar-refractivity contribution >= 4 is 11.6 Å². The fraction of sp³-hybridized carbons (Fsp3) is 0. The van der Waals surface area contributed by atoms with Crippen LogP contribution in [-0.2, 0) is 0 Å². The zero-order valence-corrected chi connectivity index (χ0v) is 11.1. The molecule has 1 radical (unpaired) electrons. The van der Waals surface area contributed by atoms with Crippen LogP contribution in [0.5, 0.6) is 0 Å². The van der Waals surface area contributed by atoms with E-state index < -0.39 is 0 Å². The van der Waals surface area contributed by atoms with Crippen LogP contribution in [0.25, 0.3) is 22.3 Å². The average Bonchev–Trinajstić information content (AvgIpc) is 2.48.